The van der Waals surface area contributed by atoms with Crippen molar-refractivity contribution >= 4 is 23.1 Å². The summed E-state index contributed by atoms with van der Waals surface area (Å²) in [6.07, 6.45) is 0.0363. The zero-order chi connectivity index (χ0) is 12.5. The van der Waals surface area contributed by atoms with Crippen LogP contribution in [0.4, 0.5) is 5.82 Å². The average Bonchev–Trinajstić information content (AvgIpc) is 2.86. The zero-order valence-corrected chi connectivity index (χ0v) is 10.7. The van der Waals surface area contributed by atoms with Crippen molar-refractivity contribution in [2.75, 3.05) is 23.9 Å². The first-order valence-electron chi connectivity index (χ1n) is 5.77. The van der Waals surface area contributed by atoms with E-state index in [9.17, 15) is 0 Å². The van der Waals surface area contributed by atoms with Gasteiger partial charge in [0.05, 0.1) is 24.6 Å². The molecule has 18 heavy (non-hydrogen) atoms. The Morgan fingerprint density at radius 2 is 2.39 bits per heavy atom. The summed E-state index contributed by atoms with van der Waals surface area (Å²) in [5.74, 6) is 1.32. The molecule has 0 spiro atoms. The molecule has 3 heterocycles. The van der Waals surface area contributed by atoms with E-state index in [0.717, 1.165) is 12.4 Å². The van der Waals surface area contributed by atoms with Gasteiger partial charge in [0.2, 0.25) is 0 Å². The monoisotopic (exact) mass is 268 g/mol. The molecule has 1 saturated heterocycles. The van der Waals surface area contributed by atoms with Gasteiger partial charge in [-0.25, -0.2) is 0 Å². The van der Waals surface area contributed by atoms with Gasteiger partial charge in [0.15, 0.2) is 11.5 Å². The SMILES string of the molecule is CC1COC(CCl)CN1c1ccc2nnnn2n1. The summed E-state index contributed by atoms with van der Waals surface area (Å²) in [6, 6.07) is 4.02. The maximum absolute atomic E-state index is 5.85. The number of morpholine rings is 1. The van der Waals surface area contributed by atoms with Gasteiger partial charge in [-0.15, -0.1) is 26.4 Å². The second-order valence-electron chi connectivity index (χ2n) is 4.33. The van der Waals surface area contributed by atoms with Gasteiger partial charge in [-0.05, 0) is 29.5 Å². The number of hydrogen-bond donors (Lipinski definition) is 0. The third-order valence-electron chi connectivity index (χ3n) is 3.03. The van der Waals surface area contributed by atoms with Gasteiger partial charge in [-0.3, -0.25) is 0 Å². The summed E-state index contributed by atoms with van der Waals surface area (Å²) < 4.78 is 7.04. The van der Waals surface area contributed by atoms with Crippen molar-refractivity contribution in [1.82, 2.24) is 25.3 Å². The van der Waals surface area contributed by atoms with Crippen LogP contribution in [0.15, 0.2) is 12.1 Å². The largest absolute Gasteiger partial charge is 0.373 e. The highest BCUT2D eigenvalue weighted by Crippen LogP contribution is 2.20. The van der Waals surface area contributed by atoms with Crippen molar-refractivity contribution in [3.8, 4) is 0 Å². The number of anilines is 1. The van der Waals surface area contributed by atoms with Crippen molar-refractivity contribution in [3.63, 3.8) is 0 Å². The van der Waals surface area contributed by atoms with Crippen LogP contribution in [-0.2, 0) is 4.74 Å². The minimum atomic E-state index is 0.0363. The van der Waals surface area contributed by atoms with Gasteiger partial charge in [0.1, 0.15) is 0 Å². The summed E-state index contributed by atoms with van der Waals surface area (Å²) in [7, 11) is 0. The minimum Gasteiger partial charge on any atom is -0.373 e. The first-order valence-corrected chi connectivity index (χ1v) is 6.31. The molecule has 1 fully saturated rings. The standard InChI is InChI=1S/C10H13ClN6O/c1-7-6-18-8(4-11)5-16(7)10-3-2-9-12-14-15-17(9)13-10/h2-3,7-8H,4-6H2,1H3. The molecule has 0 N–H and O–H groups in total. The number of rotatable bonds is 2. The Bertz CT molecular complexity index is 546. The molecule has 2 unspecified atom stereocenters. The number of nitrogens with zero attached hydrogens (tertiary/aromatic N) is 6. The third kappa shape index (κ3) is 1.99. The number of halogens is 1. The normalized spacial score (nSPS) is 24.7. The molecule has 0 amide bonds. The summed E-state index contributed by atoms with van der Waals surface area (Å²) in [6.45, 7) is 3.47. The van der Waals surface area contributed by atoms with Crippen LogP contribution in [0.1, 0.15) is 6.92 Å². The highest BCUT2D eigenvalue weighted by molar-refractivity contribution is 6.18. The Morgan fingerprint density at radius 3 is 3.22 bits per heavy atom. The molecule has 3 rings (SSSR count). The molecule has 7 nitrogen and oxygen atoms in total. The van der Waals surface area contributed by atoms with E-state index in [4.69, 9.17) is 16.3 Å². The van der Waals surface area contributed by atoms with Crippen LogP contribution in [0.2, 0.25) is 0 Å². The molecule has 0 saturated carbocycles. The fraction of sp³-hybridized carbons (Fsp3) is 0.600. The van der Waals surface area contributed by atoms with E-state index < -0.39 is 0 Å². The number of hydrogen-bond acceptors (Lipinski definition) is 6. The van der Waals surface area contributed by atoms with Crippen LogP contribution < -0.4 is 4.90 Å². The van der Waals surface area contributed by atoms with Gasteiger partial charge in [-0.1, -0.05) is 0 Å². The highest BCUT2D eigenvalue weighted by Gasteiger charge is 2.26. The van der Waals surface area contributed by atoms with Crippen LogP contribution >= 0.6 is 11.6 Å². The first kappa shape index (κ1) is 11.6. The molecule has 1 aliphatic rings. The smallest absolute Gasteiger partial charge is 0.200 e. The zero-order valence-electron chi connectivity index (χ0n) is 9.90. The van der Waals surface area contributed by atoms with Gasteiger partial charge >= 0.3 is 0 Å². The molecule has 0 radical (unpaired) electrons. The van der Waals surface area contributed by atoms with Crippen molar-refractivity contribution in [1.29, 1.82) is 0 Å². The van der Waals surface area contributed by atoms with E-state index >= 15 is 0 Å². The van der Waals surface area contributed by atoms with Crippen LogP contribution in [0.5, 0.6) is 0 Å². The van der Waals surface area contributed by atoms with E-state index in [1.807, 2.05) is 12.1 Å². The molecular weight excluding hydrogens is 256 g/mol. The molecule has 0 aromatic carbocycles. The van der Waals surface area contributed by atoms with E-state index in [2.05, 4.69) is 32.4 Å². The van der Waals surface area contributed by atoms with Gasteiger partial charge in [-0.2, -0.15) is 0 Å². The average molecular weight is 269 g/mol. The van der Waals surface area contributed by atoms with Crippen LogP contribution in [0.3, 0.4) is 0 Å². The Kier molecular flexibility index (Phi) is 3.00. The second kappa shape index (κ2) is 4.66. The second-order valence-corrected chi connectivity index (χ2v) is 4.64. The molecule has 2 atom stereocenters. The fourth-order valence-electron chi connectivity index (χ4n) is 2.02. The Morgan fingerprint density at radius 1 is 1.50 bits per heavy atom. The maximum atomic E-state index is 5.85. The predicted molar refractivity (Wildman–Crippen MR) is 65.8 cm³/mol. The minimum absolute atomic E-state index is 0.0363. The van der Waals surface area contributed by atoms with E-state index in [0.29, 0.717) is 18.1 Å². The van der Waals surface area contributed by atoms with E-state index in [-0.39, 0.29) is 12.1 Å². The maximum Gasteiger partial charge on any atom is 0.200 e. The quantitative estimate of drug-likeness (QED) is 0.732. The number of fused-ring (bicyclic) bond motifs is 1. The van der Waals surface area contributed by atoms with Crippen molar-refractivity contribution in [3.05, 3.63) is 12.1 Å². The van der Waals surface area contributed by atoms with Crippen LogP contribution in [0, 0.1) is 0 Å². The van der Waals surface area contributed by atoms with Crippen molar-refractivity contribution in [2.45, 2.75) is 19.1 Å². The molecule has 0 bridgehead atoms. The Labute approximate surface area is 109 Å². The molecule has 2 aromatic heterocycles. The van der Waals surface area contributed by atoms with Gasteiger partial charge in [0, 0.05) is 6.54 Å². The van der Waals surface area contributed by atoms with Crippen LogP contribution in [0.25, 0.3) is 5.65 Å². The summed E-state index contributed by atoms with van der Waals surface area (Å²) in [4.78, 5) is 2.16. The number of ether oxygens (including phenoxy) is 1. The fourth-order valence-corrected chi connectivity index (χ4v) is 2.21. The molecule has 2 aromatic rings. The number of tetrazole rings is 1. The Balaban J connectivity index is 1.91. The van der Waals surface area contributed by atoms with Gasteiger partial charge in [0.25, 0.3) is 0 Å². The first-order chi connectivity index (χ1) is 8.78. The summed E-state index contributed by atoms with van der Waals surface area (Å²) >= 11 is 5.85. The topological polar surface area (TPSA) is 68.4 Å². The van der Waals surface area contributed by atoms with Crippen molar-refractivity contribution < 1.29 is 4.74 Å². The molecule has 8 heteroatoms. The lowest BCUT2D eigenvalue weighted by molar-refractivity contribution is 0.0360. The van der Waals surface area contributed by atoms with E-state index in [1.54, 1.807) is 0 Å². The van der Waals surface area contributed by atoms with Crippen LogP contribution in [-0.4, -0.2) is 56.4 Å². The van der Waals surface area contributed by atoms with E-state index in [1.165, 1.54) is 4.63 Å². The summed E-state index contributed by atoms with van der Waals surface area (Å²) in [5, 5.41) is 15.6. The number of aromatic nitrogens is 5. The predicted octanol–water partition coefficient (Wildman–Crippen LogP) is 0.352. The highest BCUT2D eigenvalue weighted by atomic mass is 35.5. The third-order valence-corrected chi connectivity index (χ3v) is 3.37. The molecule has 1 aliphatic heterocycles. The van der Waals surface area contributed by atoms with Crippen molar-refractivity contribution in [2.24, 2.45) is 0 Å². The number of alkyl halides is 1. The van der Waals surface area contributed by atoms with Gasteiger partial charge < -0.3 is 9.64 Å². The lowest BCUT2D eigenvalue weighted by atomic mass is 10.2. The Hall–Kier alpha value is -1.47. The summed E-state index contributed by atoms with van der Waals surface area (Å²) in [5.41, 5.74) is 0.633. The lowest BCUT2D eigenvalue weighted by Crippen LogP contribution is -2.49. The molecule has 0 aliphatic carbocycles. The molecule has 96 valence electrons. The lowest BCUT2D eigenvalue weighted by Gasteiger charge is -2.37. The molecular formula is C10H13ClN6O.